The fourth-order valence-electron chi connectivity index (χ4n) is 7.50. The van der Waals surface area contributed by atoms with Crippen molar-refractivity contribution in [2.75, 3.05) is 13.2 Å². The first-order chi connectivity index (χ1) is 11.5. The van der Waals surface area contributed by atoms with Crippen LogP contribution in [0.2, 0.25) is 0 Å². The first kappa shape index (κ1) is 16.1. The van der Waals surface area contributed by atoms with Gasteiger partial charge in [-0.1, -0.05) is 25.5 Å². The summed E-state index contributed by atoms with van der Waals surface area (Å²) >= 11 is 6.49. The van der Waals surface area contributed by atoms with Crippen molar-refractivity contribution in [1.82, 2.24) is 0 Å². The van der Waals surface area contributed by atoms with Gasteiger partial charge in [-0.2, -0.15) is 0 Å². The third kappa shape index (κ3) is 1.91. The molecule has 0 amide bonds. The van der Waals surface area contributed by atoms with Crippen molar-refractivity contribution in [1.29, 1.82) is 0 Å². The SMILES string of the molecule is C[C@]12CC[C@H](Cl)CC1=CC[C@@H]1[C@@H]2CC[C@@]2(C)[C@H]1CCC21OCCO1. The van der Waals surface area contributed by atoms with Crippen molar-refractivity contribution in [2.45, 2.75) is 76.4 Å². The fourth-order valence-corrected chi connectivity index (χ4v) is 7.78. The molecule has 1 heterocycles. The fraction of sp³-hybridized carbons (Fsp3) is 0.905. The average molecular weight is 351 g/mol. The molecular formula is C21H31ClO2. The van der Waals surface area contributed by atoms with Crippen LogP contribution in [0, 0.1) is 28.6 Å². The van der Waals surface area contributed by atoms with Crippen LogP contribution in [0.25, 0.3) is 0 Å². The van der Waals surface area contributed by atoms with E-state index in [2.05, 4.69) is 19.9 Å². The standard InChI is InChI=1S/C21H31ClO2/c1-19-8-5-15(22)13-14(19)3-4-16-17(19)6-9-20(2)18(16)7-10-21(20)23-11-12-24-21/h3,15-18H,4-13H2,1-2H3/t15-,16+,17-,18-,19-,20-/m0/s1. The lowest BCUT2D eigenvalue weighted by Gasteiger charge is -2.58. The van der Waals surface area contributed by atoms with Crippen LogP contribution in [0.4, 0.5) is 0 Å². The molecule has 0 N–H and O–H groups in total. The van der Waals surface area contributed by atoms with Crippen LogP contribution in [0.1, 0.15) is 65.2 Å². The molecule has 1 aliphatic heterocycles. The number of hydrogen-bond acceptors (Lipinski definition) is 2. The second kappa shape index (κ2) is 5.24. The highest BCUT2D eigenvalue weighted by atomic mass is 35.5. The van der Waals surface area contributed by atoms with Crippen molar-refractivity contribution in [3.05, 3.63) is 11.6 Å². The first-order valence-corrected chi connectivity index (χ1v) is 10.5. The van der Waals surface area contributed by atoms with Gasteiger partial charge in [-0.25, -0.2) is 0 Å². The van der Waals surface area contributed by atoms with E-state index in [9.17, 15) is 0 Å². The van der Waals surface area contributed by atoms with Gasteiger partial charge in [-0.15, -0.1) is 11.6 Å². The predicted molar refractivity (Wildman–Crippen MR) is 96.0 cm³/mol. The third-order valence-electron chi connectivity index (χ3n) is 8.84. The summed E-state index contributed by atoms with van der Waals surface area (Å²) in [7, 11) is 0. The lowest BCUT2D eigenvalue weighted by molar-refractivity contribution is -0.242. The Kier molecular flexibility index (Phi) is 3.52. The van der Waals surface area contributed by atoms with E-state index in [-0.39, 0.29) is 11.2 Å². The molecule has 3 heteroatoms. The van der Waals surface area contributed by atoms with Crippen LogP contribution in [0.3, 0.4) is 0 Å². The Bertz CT molecular complexity index is 566. The molecule has 24 heavy (non-hydrogen) atoms. The molecule has 2 nitrogen and oxygen atoms in total. The van der Waals surface area contributed by atoms with Gasteiger partial charge in [0, 0.05) is 17.2 Å². The van der Waals surface area contributed by atoms with Crippen LogP contribution < -0.4 is 0 Å². The minimum atomic E-state index is -0.263. The molecule has 4 fully saturated rings. The molecule has 1 saturated heterocycles. The third-order valence-corrected chi connectivity index (χ3v) is 9.21. The summed E-state index contributed by atoms with van der Waals surface area (Å²) in [4.78, 5) is 0. The van der Waals surface area contributed by atoms with E-state index in [0.29, 0.717) is 10.8 Å². The van der Waals surface area contributed by atoms with Gasteiger partial charge in [0.1, 0.15) is 0 Å². The molecule has 5 rings (SSSR count). The van der Waals surface area contributed by atoms with Crippen LogP contribution in [0.15, 0.2) is 11.6 Å². The zero-order valence-electron chi connectivity index (χ0n) is 15.2. The van der Waals surface area contributed by atoms with E-state index in [0.717, 1.165) is 43.8 Å². The number of halogens is 1. The second-order valence-corrected chi connectivity index (χ2v) is 10.2. The number of allylic oxidation sites excluding steroid dienone is 2. The summed E-state index contributed by atoms with van der Waals surface area (Å²) in [6.07, 6.45) is 12.5. The topological polar surface area (TPSA) is 18.5 Å². The molecular weight excluding hydrogens is 320 g/mol. The van der Waals surface area contributed by atoms with Gasteiger partial charge in [-0.3, -0.25) is 0 Å². The molecule has 4 aliphatic carbocycles. The lowest BCUT2D eigenvalue weighted by Crippen LogP contribution is -2.54. The van der Waals surface area contributed by atoms with E-state index in [1.807, 2.05) is 0 Å². The highest BCUT2D eigenvalue weighted by Gasteiger charge is 2.66. The Balaban J connectivity index is 1.49. The van der Waals surface area contributed by atoms with Crippen molar-refractivity contribution in [2.24, 2.45) is 28.6 Å². The second-order valence-electron chi connectivity index (χ2n) is 9.54. The van der Waals surface area contributed by atoms with Crippen molar-refractivity contribution >= 4 is 11.6 Å². The maximum absolute atomic E-state index is 6.49. The Morgan fingerprint density at radius 2 is 1.75 bits per heavy atom. The normalized spacial score (nSPS) is 52.5. The maximum atomic E-state index is 6.49. The molecule has 5 aliphatic rings. The molecule has 1 spiro atoms. The Hall–Kier alpha value is -0.0500. The van der Waals surface area contributed by atoms with Crippen LogP contribution >= 0.6 is 11.6 Å². The molecule has 0 bridgehead atoms. The highest BCUT2D eigenvalue weighted by Crippen LogP contribution is 2.68. The summed E-state index contributed by atoms with van der Waals surface area (Å²) in [5, 5.41) is 0.366. The van der Waals surface area contributed by atoms with Crippen molar-refractivity contribution in [3.8, 4) is 0 Å². The number of fused-ring (bicyclic) bond motifs is 6. The predicted octanol–water partition coefficient (Wildman–Crippen LogP) is 5.30. The van der Waals surface area contributed by atoms with Gasteiger partial charge in [-0.05, 0) is 68.1 Å². The molecule has 0 radical (unpaired) electrons. The van der Waals surface area contributed by atoms with Gasteiger partial charge in [0.25, 0.3) is 0 Å². The maximum Gasteiger partial charge on any atom is 0.174 e. The zero-order chi connectivity index (χ0) is 16.6. The van der Waals surface area contributed by atoms with E-state index in [1.165, 1.54) is 38.5 Å². The minimum Gasteiger partial charge on any atom is -0.347 e. The minimum absolute atomic E-state index is 0.218. The largest absolute Gasteiger partial charge is 0.347 e. The van der Waals surface area contributed by atoms with E-state index < -0.39 is 0 Å². The summed E-state index contributed by atoms with van der Waals surface area (Å²) in [5.41, 5.74) is 2.30. The Labute approximate surface area is 151 Å². The van der Waals surface area contributed by atoms with Gasteiger partial charge in [0.2, 0.25) is 0 Å². The molecule has 0 aromatic heterocycles. The summed E-state index contributed by atoms with van der Waals surface area (Å²) in [6.45, 7) is 6.60. The van der Waals surface area contributed by atoms with Crippen molar-refractivity contribution < 1.29 is 9.47 Å². The molecule has 0 aromatic rings. The molecule has 3 saturated carbocycles. The summed E-state index contributed by atoms with van der Waals surface area (Å²) in [6, 6.07) is 0. The Morgan fingerprint density at radius 1 is 1.00 bits per heavy atom. The van der Waals surface area contributed by atoms with E-state index in [1.54, 1.807) is 5.57 Å². The van der Waals surface area contributed by atoms with Crippen LogP contribution in [-0.4, -0.2) is 24.4 Å². The van der Waals surface area contributed by atoms with Gasteiger partial charge >= 0.3 is 0 Å². The number of hydrogen-bond donors (Lipinski definition) is 0. The highest BCUT2D eigenvalue weighted by molar-refractivity contribution is 6.20. The number of rotatable bonds is 0. The average Bonchev–Trinajstić information content (AvgIpc) is 3.15. The summed E-state index contributed by atoms with van der Waals surface area (Å²) < 4.78 is 12.5. The quantitative estimate of drug-likeness (QED) is 0.436. The molecule has 0 unspecified atom stereocenters. The summed E-state index contributed by atoms with van der Waals surface area (Å²) in [5.74, 6) is 2.16. The smallest absolute Gasteiger partial charge is 0.174 e. The van der Waals surface area contributed by atoms with Gasteiger partial charge < -0.3 is 9.47 Å². The van der Waals surface area contributed by atoms with Gasteiger partial charge in [0.15, 0.2) is 5.79 Å². The zero-order valence-corrected chi connectivity index (χ0v) is 15.9. The number of alkyl halides is 1. The van der Waals surface area contributed by atoms with Crippen LogP contribution in [-0.2, 0) is 9.47 Å². The van der Waals surface area contributed by atoms with E-state index in [4.69, 9.17) is 21.1 Å². The van der Waals surface area contributed by atoms with Crippen molar-refractivity contribution in [3.63, 3.8) is 0 Å². The van der Waals surface area contributed by atoms with E-state index >= 15 is 0 Å². The molecule has 0 aromatic carbocycles. The lowest BCUT2D eigenvalue weighted by atomic mass is 9.48. The first-order valence-electron chi connectivity index (χ1n) is 10.1. The molecule has 134 valence electrons. The van der Waals surface area contributed by atoms with Crippen LogP contribution in [0.5, 0.6) is 0 Å². The molecule has 6 atom stereocenters. The monoisotopic (exact) mass is 350 g/mol. The van der Waals surface area contributed by atoms with Gasteiger partial charge in [0.05, 0.1) is 13.2 Å². The number of ether oxygens (including phenoxy) is 2. The Morgan fingerprint density at radius 3 is 2.54 bits per heavy atom.